The standard InChI is InChI=1S/C22H27N5O3/c1-22(2,3)30-21(29)27-10-15(9-16(27)12-28)26-11-17(14-7-5-4-6-8-14)18-19(23)24-13-25-20(18)26/h4-8,11,13,15-16,28H,9-10,12H2,1-3H3,(H2,23,24,25)/t15-,16+/m0/s1. The summed E-state index contributed by atoms with van der Waals surface area (Å²) in [7, 11) is 0. The van der Waals surface area contributed by atoms with Crippen molar-refractivity contribution in [3.63, 3.8) is 0 Å². The summed E-state index contributed by atoms with van der Waals surface area (Å²) >= 11 is 0. The molecule has 1 aromatic carbocycles. The van der Waals surface area contributed by atoms with Crippen molar-refractivity contribution in [2.45, 2.75) is 44.9 Å². The summed E-state index contributed by atoms with van der Waals surface area (Å²) in [5.41, 5.74) is 8.29. The first kappa shape index (κ1) is 20.2. The van der Waals surface area contributed by atoms with E-state index >= 15 is 0 Å². The van der Waals surface area contributed by atoms with E-state index in [0.29, 0.717) is 24.4 Å². The Kier molecular flexibility index (Phi) is 5.11. The van der Waals surface area contributed by atoms with Crippen molar-refractivity contribution >= 4 is 22.9 Å². The second-order valence-electron chi connectivity index (χ2n) is 8.63. The molecule has 8 nitrogen and oxygen atoms in total. The first-order valence-corrected chi connectivity index (χ1v) is 10.1. The highest BCUT2D eigenvalue weighted by Gasteiger charge is 2.38. The molecule has 0 unspecified atom stereocenters. The predicted octanol–water partition coefficient (Wildman–Crippen LogP) is 3.22. The Morgan fingerprint density at radius 1 is 1.27 bits per heavy atom. The summed E-state index contributed by atoms with van der Waals surface area (Å²) < 4.78 is 7.58. The number of hydrogen-bond donors (Lipinski definition) is 2. The molecule has 0 spiro atoms. The van der Waals surface area contributed by atoms with Crippen molar-refractivity contribution in [1.82, 2.24) is 19.4 Å². The normalized spacial score (nSPS) is 19.4. The van der Waals surface area contributed by atoms with Crippen molar-refractivity contribution in [3.05, 3.63) is 42.9 Å². The number of likely N-dealkylation sites (tertiary alicyclic amines) is 1. The van der Waals surface area contributed by atoms with Gasteiger partial charge in [0, 0.05) is 18.3 Å². The molecule has 8 heteroatoms. The van der Waals surface area contributed by atoms with E-state index in [-0.39, 0.29) is 18.7 Å². The molecule has 1 aliphatic rings. The van der Waals surface area contributed by atoms with E-state index < -0.39 is 11.7 Å². The number of nitrogen functional groups attached to an aromatic ring is 1. The third kappa shape index (κ3) is 3.70. The number of rotatable bonds is 3. The SMILES string of the molecule is CC(C)(C)OC(=O)N1C[C@@H](n2cc(-c3ccccc3)c3c(N)ncnc32)C[C@@H]1CO. The maximum absolute atomic E-state index is 12.7. The molecule has 1 amide bonds. The molecule has 3 N–H and O–H groups in total. The lowest BCUT2D eigenvalue weighted by Crippen LogP contribution is -2.41. The number of carbonyl (C=O) groups is 1. The lowest BCUT2D eigenvalue weighted by molar-refractivity contribution is 0.0173. The summed E-state index contributed by atoms with van der Waals surface area (Å²) in [6.45, 7) is 5.78. The Bertz CT molecular complexity index is 1060. The van der Waals surface area contributed by atoms with Crippen LogP contribution in [0.4, 0.5) is 10.6 Å². The van der Waals surface area contributed by atoms with Crippen LogP contribution in [0.15, 0.2) is 42.9 Å². The maximum Gasteiger partial charge on any atom is 0.410 e. The average Bonchev–Trinajstić information content (AvgIpc) is 3.30. The number of aromatic nitrogens is 3. The highest BCUT2D eigenvalue weighted by atomic mass is 16.6. The van der Waals surface area contributed by atoms with Gasteiger partial charge in [0.25, 0.3) is 0 Å². The molecule has 4 rings (SSSR count). The molecule has 2 aromatic heterocycles. The van der Waals surface area contributed by atoms with Crippen molar-refractivity contribution in [3.8, 4) is 11.1 Å². The molecule has 1 fully saturated rings. The zero-order valence-electron chi connectivity index (χ0n) is 17.4. The summed E-state index contributed by atoms with van der Waals surface area (Å²) in [5.74, 6) is 0.415. The van der Waals surface area contributed by atoms with Gasteiger partial charge in [-0.3, -0.25) is 0 Å². The Morgan fingerprint density at radius 3 is 2.67 bits per heavy atom. The number of nitrogens with zero attached hydrogens (tertiary/aromatic N) is 4. The van der Waals surface area contributed by atoms with Crippen LogP contribution in [0, 0.1) is 0 Å². The minimum Gasteiger partial charge on any atom is -0.444 e. The molecule has 30 heavy (non-hydrogen) atoms. The van der Waals surface area contributed by atoms with Crippen molar-refractivity contribution in [2.75, 3.05) is 18.9 Å². The van der Waals surface area contributed by atoms with Crippen LogP contribution in [0.1, 0.15) is 33.2 Å². The number of amides is 1. The van der Waals surface area contributed by atoms with E-state index in [1.807, 2.05) is 61.9 Å². The van der Waals surface area contributed by atoms with Gasteiger partial charge in [0.15, 0.2) is 0 Å². The zero-order valence-corrected chi connectivity index (χ0v) is 17.4. The largest absolute Gasteiger partial charge is 0.444 e. The first-order valence-electron chi connectivity index (χ1n) is 10.1. The molecule has 2 atom stereocenters. The van der Waals surface area contributed by atoms with E-state index in [2.05, 4.69) is 9.97 Å². The number of carbonyl (C=O) groups excluding carboxylic acids is 1. The highest BCUT2D eigenvalue weighted by molar-refractivity contribution is 6.00. The number of fused-ring (bicyclic) bond motifs is 1. The molecule has 158 valence electrons. The Balaban J connectivity index is 1.74. The Hall–Kier alpha value is -3.13. The number of nitrogens with two attached hydrogens (primary N) is 1. The summed E-state index contributed by atoms with van der Waals surface area (Å²) in [6, 6.07) is 9.56. The molecule has 0 aliphatic carbocycles. The molecule has 0 bridgehead atoms. The van der Waals surface area contributed by atoms with Crippen molar-refractivity contribution in [1.29, 1.82) is 0 Å². The van der Waals surface area contributed by atoms with Gasteiger partial charge in [-0.25, -0.2) is 14.8 Å². The van der Waals surface area contributed by atoms with Gasteiger partial charge in [0.05, 0.1) is 24.1 Å². The van der Waals surface area contributed by atoms with E-state index in [9.17, 15) is 9.90 Å². The quantitative estimate of drug-likeness (QED) is 0.688. The zero-order chi connectivity index (χ0) is 21.5. The molecular weight excluding hydrogens is 382 g/mol. The van der Waals surface area contributed by atoms with E-state index in [4.69, 9.17) is 10.5 Å². The fourth-order valence-corrected chi connectivity index (χ4v) is 4.03. The minimum atomic E-state index is -0.600. The van der Waals surface area contributed by atoms with Crippen molar-refractivity contribution < 1.29 is 14.6 Å². The first-order chi connectivity index (χ1) is 14.3. The van der Waals surface area contributed by atoms with Gasteiger partial charge in [0.2, 0.25) is 0 Å². The van der Waals surface area contributed by atoms with E-state index in [1.165, 1.54) is 6.33 Å². The Morgan fingerprint density at radius 2 is 2.00 bits per heavy atom. The second-order valence-corrected chi connectivity index (χ2v) is 8.63. The molecule has 1 aliphatic heterocycles. The molecule has 1 saturated heterocycles. The number of ether oxygens (including phenoxy) is 1. The number of aliphatic hydroxyl groups excluding tert-OH is 1. The highest BCUT2D eigenvalue weighted by Crippen LogP contribution is 2.37. The van der Waals surface area contributed by atoms with Crippen LogP contribution in [-0.2, 0) is 4.74 Å². The molecular formula is C22H27N5O3. The summed E-state index contributed by atoms with van der Waals surface area (Å²) in [5, 5.41) is 10.7. The van der Waals surface area contributed by atoms with Gasteiger partial charge < -0.3 is 25.0 Å². The number of benzene rings is 1. The van der Waals surface area contributed by atoms with Crippen LogP contribution in [0.25, 0.3) is 22.2 Å². The van der Waals surface area contributed by atoms with Crippen LogP contribution < -0.4 is 5.73 Å². The van der Waals surface area contributed by atoms with E-state index in [0.717, 1.165) is 16.5 Å². The third-order valence-corrected chi connectivity index (χ3v) is 5.35. The average molecular weight is 409 g/mol. The molecule has 0 saturated carbocycles. The monoisotopic (exact) mass is 409 g/mol. The van der Waals surface area contributed by atoms with Gasteiger partial charge in [0.1, 0.15) is 23.4 Å². The van der Waals surface area contributed by atoms with Gasteiger partial charge in [-0.2, -0.15) is 0 Å². The number of hydrogen-bond acceptors (Lipinski definition) is 6. The third-order valence-electron chi connectivity index (χ3n) is 5.35. The van der Waals surface area contributed by atoms with Gasteiger partial charge >= 0.3 is 6.09 Å². The van der Waals surface area contributed by atoms with Gasteiger partial charge in [-0.05, 0) is 32.8 Å². The van der Waals surface area contributed by atoms with Crippen molar-refractivity contribution in [2.24, 2.45) is 0 Å². The fourth-order valence-electron chi connectivity index (χ4n) is 4.03. The Labute approximate surface area is 175 Å². The van der Waals surface area contributed by atoms with Crippen LogP contribution >= 0.6 is 0 Å². The second kappa shape index (κ2) is 7.60. The molecule has 0 radical (unpaired) electrons. The number of aliphatic hydroxyl groups is 1. The number of anilines is 1. The summed E-state index contributed by atoms with van der Waals surface area (Å²) in [6.07, 6.45) is 3.64. The fraction of sp³-hybridized carbons (Fsp3) is 0.409. The van der Waals surface area contributed by atoms with Crippen LogP contribution in [0.3, 0.4) is 0 Å². The van der Waals surface area contributed by atoms with Crippen LogP contribution in [0.5, 0.6) is 0 Å². The molecule has 3 aromatic rings. The minimum absolute atomic E-state index is 0.0658. The van der Waals surface area contributed by atoms with Crippen LogP contribution in [0.2, 0.25) is 0 Å². The van der Waals surface area contributed by atoms with Gasteiger partial charge in [-0.1, -0.05) is 30.3 Å². The maximum atomic E-state index is 12.7. The smallest absolute Gasteiger partial charge is 0.410 e. The predicted molar refractivity (Wildman–Crippen MR) is 115 cm³/mol. The lowest BCUT2D eigenvalue weighted by atomic mass is 10.1. The van der Waals surface area contributed by atoms with Gasteiger partial charge in [-0.15, -0.1) is 0 Å². The summed E-state index contributed by atoms with van der Waals surface area (Å²) in [4.78, 5) is 23.0. The van der Waals surface area contributed by atoms with E-state index in [1.54, 1.807) is 4.90 Å². The lowest BCUT2D eigenvalue weighted by Gasteiger charge is -2.27. The topological polar surface area (TPSA) is 106 Å². The molecule has 3 heterocycles. The van der Waals surface area contributed by atoms with Crippen LogP contribution in [-0.4, -0.2) is 55.4 Å².